The van der Waals surface area contributed by atoms with E-state index < -0.39 is 26.7 Å². The van der Waals surface area contributed by atoms with Gasteiger partial charge in [0.1, 0.15) is 0 Å². The zero-order valence-electron chi connectivity index (χ0n) is 11.9. The van der Waals surface area contributed by atoms with Crippen molar-refractivity contribution in [1.29, 1.82) is 0 Å². The highest BCUT2D eigenvalue weighted by atomic mass is 35.5. The molecule has 9 heteroatoms. The van der Waals surface area contributed by atoms with Crippen molar-refractivity contribution in [2.75, 3.05) is 13.1 Å². The predicted molar refractivity (Wildman–Crippen MR) is 79.2 cm³/mol. The van der Waals surface area contributed by atoms with Crippen LogP contribution in [0.25, 0.3) is 0 Å². The number of rotatable bonds is 2. The van der Waals surface area contributed by atoms with E-state index in [9.17, 15) is 21.6 Å². The first kappa shape index (κ1) is 19.2. The fourth-order valence-electron chi connectivity index (χ4n) is 2.41. The van der Waals surface area contributed by atoms with Crippen molar-refractivity contribution in [3.63, 3.8) is 0 Å². The minimum absolute atomic E-state index is 0. The molecule has 2 atom stereocenters. The third kappa shape index (κ3) is 3.73. The molecule has 1 aliphatic rings. The monoisotopic (exact) mass is 358 g/mol. The summed E-state index contributed by atoms with van der Waals surface area (Å²) in [6.45, 7) is 2.07. The third-order valence-electron chi connectivity index (χ3n) is 3.74. The van der Waals surface area contributed by atoms with E-state index in [0.29, 0.717) is 6.42 Å². The van der Waals surface area contributed by atoms with Crippen molar-refractivity contribution in [2.24, 2.45) is 11.7 Å². The molecule has 1 heterocycles. The maximum atomic E-state index is 13.0. The van der Waals surface area contributed by atoms with Gasteiger partial charge < -0.3 is 5.73 Å². The number of halogens is 4. The van der Waals surface area contributed by atoms with E-state index in [-0.39, 0.29) is 37.5 Å². The first-order valence-corrected chi connectivity index (χ1v) is 8.00. The number of hydrogen-bond donors (Lipinski definition) is 1. The van der Waals surface area contributed by atoms with Crippen molar-refractivity contribution in [3.8, 4) is 0 Å². The molecule has 1 fully saturated rings. The molecule has 2 unspecified atom stereocenters. The Kier molecular flexibility index (Phi) is 5.88. The van der Waals surface area contributed by atoms with Gasteiger partial charge in [0.25, 0.3) is 0 Å². The lowest BCUT2D eigenvalue weighted by molar-refractivity contribution is -0.139. The first-order valence-electron chi connectivity index (χ1n) is 6.56. The minimum Gasteiger partial charge on any atom is -0.327 e. The van der Waals surface area contributed by atoms with Gasteiger partial charge in [-0.15, -0.1) is 12.4 Å². The Hall–Kier alpha value is -0.830. The van der Waals surface area contributed by atoms with Gasteiger partial charge >= 0.3 is 6.18 Å². The maximum Gasteiger partial charge on any atom is 0.417 e. The topological polar surface area (TPSA) is 63.4 Å². The summed E-state index contributed by atoms with van der Waals surface area (Å²) < 4.78 is 65.0. The molecule has 0 radical (unpaired) electrons. The highest BCUT2D eigenvalue weighted by Crippen LogP contribution is 2.35. The van der Waals surface area contributed by atoms with E-state index in [1.807, 2.05) is 0 Å². The predicted octanol–water partition coefficient (Wildman–Crippen LogP) is 2.49. The molecule has 4 nitrogen and oxygen atoms in total. The lowest BCUT2D eigenvalue weighted by atomic mass is 9.96. The average Bonchev–Trinajstić information content (AvgIpc) is 2.41. The van der Waals surface area contributed by atoms with E-state index in [1.54, 1.807) is 6.92 Å². The van der Waals surface area contributed by atoms with Gasteiger partial charge in [0.15, 0.2) is 0 Å². The second kappa shape index (κ2) is 6.74. The summed E-state index contributed by atoms with van der Waals surface area (Å²) in [5, 5.41) is 0. The van der Waals surface area contributed by atoms with Crippen LogP contribution >= 0.6 is 12.4 Å². The van der Waals surface area contributed by atoms with E-state index in [2.05, 4.69) is 0 Å². The van der Waals surface area contributed by atoms with Crippen LogP contribution in [0.1, 0.15) is 18.9 Å². The van der Waals surface area contributed by atoms with E-state index >= 15 is 0 Å². The van der Waals surface area contributed by atoms with Crippen LogP contribution in [0.3, 0.4) is 0 Å². The van der Waals surface area contributed by atoms with Crippen molar-refractivity contribution in [1.82, 2.24) is 4.31 Å². The molecule has 126 valence electrons. The zero-order valence-corrected chi connectivity index (χ0v) is 13.5. The largest absolute Gasteiger partial charge is 0.417 e. The van der Waals surface area contributed by atoms with Crippen LogP contribution < -0.4 is 5.73 Å². The summed E-state index contributed by atoms with van der Waals surface area (Å²) in [5.74, 6) is -0.0911. The minimum atomic E-state index is -4.71. The number of alkyl halides is 3. The zero-order chi connectivity index (χ0) is 15.8. The molecule has 22 heavy (non-hydrogen) atoms. The molecule has 0 aliphatic carbocycles. The summed E-state index contributed by atoms with van der Waals surface area (Å²) >= 11 is 0. The average molecular weight is 359 g/mol. The van der Waals surface area contributed by atoms with Crippen LogP contribution in [0.5, 0.6) is 0 Å². The molecular formula is C13H18ClF3N2O2S. The molecule has 0 bridgehead atoms. The van der Waals surface area contributed by atoms with Gasteiger partial charge in [-0.05, 0) is 24.5 Å². The van der Waals surface area contributed by atoms with Crippen molar-refractivity contribution >= 4 is 22.4 Å². The Balaban J connectivity index is 0.00000242. The van der Waals surface area contributed by atoms with Crippen molar-refractivity contribution in [3.05, 3.63) is 29.8 Å². The van der Waals surface area contributed by atoms with Crippen LogP contribution in [0.15, 0.2) is 29.2 Å². The van der Waals surface area contributed by atoms with Gasteiger partial charge in [-0.25, -0.2) is 8.42 Å². The standard InChI is InChI=1S/C13H17F3N2O2S.ClH/c1-9-8-18(7-6-11(9)17)21(19,20)12-5-3-2-4-10(12)13(14,15)16;/h2-5,9,11H,6-8,17H2,1H3;1H. The Morgan fingerprint density at radius 2 is 1.86 bits per heavy atom. The van der Waals surface area contributed by atoms with Gasteiger partial charge in [-0.3, -0.25) is 0 Å². The lowest BCUT2D eigenvalue weighted by Crippen LogP contribution is -2.48. The van der Waals surface area contributed by atoms with Gasteiger partial charge in [-0.2, -0.15) is 17.5 Å². The number of nitrogens with zero attached hydrogens (tertiary/aromatic N) is 1. The number of piperidine rings is 1. The molecule has 0 spiro atoms. The Bertz CT molecular complexity index is 622. The highest BCUT2D eigenvalue weighted by molar-refractivity contribution is 7.89. The fourth-order valence-corrected chi connectivity index (χ4v) is 4.18. The Morgan fingerprint density at radius 3 is 2.41 bits per heavy atom. The molecular weight excluding hydrogens is 341 g/mol. The summed E-state index contributed by atoms with van der Waals surface area (Å²) in [7, 11) is -4.17. The fraction of sp³-hybridized carbons (Fsp3) is 0.538. The Morgan fingerprint density at radius 1 is 1.27 bits per heavy atom. The second-order valence-electron chi connectivity index (χ2n) is 5.29. The molecule has 0 amide bonds. The molecule has 1 aromatic carbocycles. The molecule has 1 saturated heterocycles. The van der Waals surface area contributed by atoms with Crippen molar-refractivity contribution < 1.29 is 21.6 Å². The quantitative estimate of drug-likeness (QED) is 0.883. The second-order valence-corrected chi connectivity index (χ2v) is 7.19. The molecule has 0 aromatic heterocycles. The smallest absolute Gasteiger partial charge is 0.327 e. The summed E-state index contributed by atoms with van der Waals surface area (Å²) in [5.41, 5.74) is 4.69. The summed E-state index contributed by atoms with van der Waals surface area (Å²) in [6.07, 6.45) is -4.27. The number of hydrogen-bond acceptors (Lipinski definition) is 3. The van der Waals surface area contributed by atoms with E-state index in [0.717, 1.165) is 16.4 Å². The molecule has 2 rings (SSSR count). The van der Waals surface area contributed by atoms with Gasteiger partial charge in [-0.1, -0.05) is 19.1 Å². The number of nitrogens with two attached hydrogens (primary N) is 1. The number of sulfonamides is 1. The lowest BCUT2D eigenvalue weighted by Gasteiger charge is -2.34. The molecule has 2 N–H and O–H groups in total. The van der Waals surface area contributed by atoms with Gasteiger partial charge in [0, 0.05) is 19.1 Å². The van der Waals surface area contributed by atoms with E-state index in [4.69, 9.17) is 5.73 Å². The molecule has 1 aliphatic heterocycles. The van der Waals surface area contributed by atoms with Crippen LogP contribution in [0, 0.1) is 5.92 Å². The van der Waals surface area contributed by atoms with Crippen LogP contribution in [-0.4, -0.2) is 31.9 Å². The molecule has 1 aromatic rings. The van der Waals surface area contributed by atoms with Gasteiger partial charge in [0.2, 0.25) is 10.0 Å². The maximum absolute atomic E-state index is 13.0. The Labute approximate surface area is 133 Å². The summed E-state index contributed by atoms with van der Waals surface area (Å²) in [6, 6.07) is 4.12. The summed E-state index contributed by atoms with van der Waals surface area (Å²) in [4.78, 5) is -0.694. The first-order chi connectivity index (χ1) is 9.64. The third-order valence-corrected chi connectivity index (χ3v) is 5.67. The molecule has 0 saturated carbocycles. The van der Waals surface area contributed by atoms with Gasteiger partial charge in [0.05, 0.1) is 10.5 Å². The SMILES string of the molecule is CC1CN(S(=O)(=O)c2ccccc2C(F)(F)F)CCC1N.Cl. The van der Waals surface area contributed by atoms with E-state index in [1.165, 1.54) is 12.1 Å². The van der Waals surface area contributed by atoms with Crippen molar-refractivity contribution in [2.45, 2.75) is 30.5 Å². The highest BCUT2D eigenvalue weighted by Gasteiger charge is 2.40. The van der Waals surface area contributed by atoms with Crippen LogP contribution in [-0.2, 0) is 16.2 Å². The normalized spacial score (nSPS) is 23.9. The van der Waals surface area contributed by atoms with Crippen LogP contribution in [0.2, 0.25) is 0 Å². The number of benzene rings is 1. The van der Waals surface area contributed by atoms with Crippen LogP contribution in [0.4, 0.5) is 13.2 Å².